The highest BCUT2D eigenvalue weighted by molar-refractivity contribution is 5.47. The number of anilines is 2. The van der Waals surface area contributed by atoms with Gasteiger partial charge in [0.1, 0.15) is 5.82 Å². The Morgan fingerprint density at radius 2 is 1.72 bits per heavy atom. The zero-order valence-electron chi connectivity index (χ0n) is 10.7. The molecule has 0 spiro atoms. The van der Waals surface area contributed by atoms with E-state index in [9.17, 15) is 0 Å². The van der Waals surface area contributed by atoms with Crippen LogP contribution in [-0.4, -0.2) is 9.97 Å². The molecule has 1 aromatic heterocycles. The van der Waals surface area contributed by atoms with E-state index in [4.69, 9.17) is 11.5 Å². The van der Waals surface area contributed by atoms with Crippen molar-refractivity contribution in [1.29, 1.82) is 0 Å². The van der Waals surface area contributed by atoms with Gasteiger partial charge >= 0.3 is 0 Å². The van der Waals surface area contributed by atoms with Crippen LogP contribution in [0.15, 0.2) is 36.5 Å². The normalized spacial score (nSPS) is 12.6. The van der Waals surface area contributed by atoms with Gasteiger partial charge in [-0.25, -0.2) is 4.98 Å². The average Bonchev–Trinajstić information content (AvgIpc) is 2.33. The Hall–Kier alpha value is -2.10. The quantitative estimate of drug-likeness (QED) is 0.866. The minimum Gasteiger partial charge on any atom is -0.383 e. The summed E-state index contributed by atoms with van der Waals surface area (Å²) in [5.74, 6) is 1.27. The van der Waals surface area contributed by atoms with Crippen LogP contribution in [0.25, 0.3) is 0 Å². The molecule has 1 unspecified atom stereocenters. The van der Waals surface area contributed by atoms with Gasteiger partial charge in [-0.05, 0) is 11.5 Å². The fraction of sp³-hybridized carbons (Fsp3) is 0.286. The molecule has 0 radical (unpaired) electrons. The first kappa shape index (κ1) is 12.4. The van der Waals surface area contributed by atoms with Crippen LogP contribution in [0.4, 0.5) is 11.8 Å². The number of nitrogen functional groups attached to an aromatic ring is 2. The van der Waals surface area contributed by atoms with E-state index in [0.717, 1.165) is 5.56 Å². The first-order valence-corrected chi connectivity index (χ1v) is 6.02. The van der Waals surface area contributed by atoms with Gasteiger partial charge in [0.05, 0.1) is 0 Å². The number of rotatable bonds is 3. The van der Waals surface area contributed by atoms with Gasteiger partial charge in [0, 0.05) is 17.7 Å². The number of benzene rings is 1. The highest BCUT2D eigenvalue weighted by atomic mass is 15.0. The summed E-state index contributed by atoms with van der Waals surface area (Å²) >= 11 is 0. The molecule has 1 aromatic carbocycles. The van der Waals surface area contributed by atoms with Crippen molar-refractivity contribution in [3.63, 3.8) is 0 Å². The molecule has 2 rings (SSSR count). The second-order valence-electron chi connectivity index (χ2n) is 4.70. The summed E-state index contributed by atoms with van der Waals surface area (Å²) in [4.78, 5) is 8.10. The van der Waals surface area contributed by atoms with E-state index in [2.05, 4.69) is 35.9 Å². The zero-order chi connectivity index (χ0) is 13.1. The van der Waals surface area contributed by atoms with Gasteiger partial charge in [-0.15, -0.1) is 0 Å². The SMILES string of the molecule is CC(C)C(c1ccccc1)c1cnc(N)nc1N. The molecule has 0 bridgehead atoms. The molecule has 94 valence electrons. The lowest BCUT2D eigenvalue weighted by Crippen LogP contribution is -2.13. The highest BCUT2D eigenvalue weighted by Crippen LogP contribution is 2.33. The summed E-state index contributed by atoms with van der Waals surface area (Å²) in [6.07, 6.45) is 1.73. The van der Waals surface area contributed by atoms with Gasteiger partial charge in [-0.2, -0.15) is 4.98 Å². The van der Waals surface area contributed by atoms with Crippen LogP contribution in [0.3, 0.4) is 0 Å². The predicted octanol–water partition coefficient (Wildman–Crippen LogP) is 2.43. The first-order valence-electron chi connectivity index (χ1n) is 6.02. The van der Waals surface area contributed by atoms with Crippen LogP contribution in [-0.2, 0) is 0 Å². The molecule has 0 aliphatic heterocycles. The fourth-order valence-corrected chi connectivity index (χ4v) is 2.24. The Morgan fingerprint density at radius 1 is 1.06 bits per heavy atom. The lowest BCUT2D eigenvalue weighted by Gasteiger charge is -2.22. The number of hydrogen-bond acceptors (Lipinski definition) is 4. The van der Waals surface area contributed by atoms with Crippen molar-refractivity contribution in [3.8, 4) is 0 Å². The number of nitrogens with two attached hydrogens (primary N) is 2. The van der Waals surface area contributed by atoms with E-state index >= 15 is 0 Å². The largest absolute Gasteiger partial charge is 0.383 e. The molecule has 2 aromatic rings. The molecular formula is C14H18N4. The van der Waals surface area contributed by atoms with Gasteiger partial charge in [-0.1, -0.05) is 44.2 Å². The maximum Gasteiger partial charge on any atom is 0.221 e. The van der Waals surface area contributed by atoms with Gasteiger partial charge in [0.15, 0.2) is 0 Å². The summed E-state index contributed by atoms with van der Waals surface area (Å²) in [5, 5.41) is 0. The molecule has 4 nitrogen and oxygen atoms in total. The topological polar surface area (TPSA) is 77.8 Å². The Kier molecular flexibility index (Phi) is 3.46. The van der Waals surface area contributed by atoms with Crippen LogP contribution < -0.4 is 11.5 Å². The molecule has 0 aliphatic rings. The van der Waals surface area contributed by atoms with Crippen molar-refractivity contribution < 1.29 is 0 Å². The molecule has 4 heteroatoms. The van der Waals surface area contributed by atoms with Crippen LogP contribution in [0.5, 0.6) is 0 Å². The Labute approximate surface area is 107 Å². The maximum atomic E-state index is 5.97. The molecule has 18 heavy (non-hydrogen) atoms. The summed E-state index contributed by atoms with van der Waals surface area (Å²) in [6, 6.07) is 10.3. The van der Waals surface area contributed by atoms with Crippen molar-refractivity contribution in [2.24, 2.45) is 5.92 Å². The van der Waals surface area contributed by atoms with Gasteiger partial charge < -0.3 is 11.5 Å². The third-order valence-electron chi connectivity index (χ3n) is 3.03. The van der Waals surface area contributed by atoms with Crippen molar-refractivity contribution in [2.75, 3.05) is 11.5 Å². The fourth-order valence-electron chi connectivity index (χ4n) is 2.24. The molecule has 0 saturated carbocycles. The van der Waals surface area contributed by atoms with E-state index in [1.54, 1.807) is 6.20 Å². The van der Waals surface area contributed by atoms with Crippen molar-refractivity contribution >= 4 is 11.8 Å². The average molecular weight is 242 g/mol. The second-order valence-corrected chi connectivity index (χ2v) is 4.70. The third-order valence-corrected chi connectivity index (χ3v) is 3.03. The Bertz CT molecular complexity index is 523. The van der Waals surface area contributed by atoms with E-state index in [-0.39, 0.29) is 11.9 Å². The third kappa shape index (κ3) is 2.42. The number of hydrogen-bond donors (Lipinski definition) is 2. The Balaban J connectivity index is 2.49. The number of nitrogens with zero attached hydrogens (tertiary/aromatic N) is 2. The minimum absolute atomic E-state index is 0.187. The standard InChI is InChI=1S/C14H18N4/c1-9(2)12(10-6-4-3-5-7-10)11-8-17-14(16)18-13(11)15/h3-9,12H,1-2H3,(H4,15,16,17,18). The van der Waals surface area contributed by atoms with Gasteiger partial charge in [-0.3, -0.25) is 0 Å². The maximum absolute atomic E-state index is 5.97. The predicted molar refractivity (Wildman–Crippen MR) is 74.0 cm³/mol. The molecule has 1 atom stereocenters. The van der Waals surface area contributed by atoms with Crippen LogP contribution in [0, 0.1) is 5.92 Å². The van der Waals surface area contributed by atoms with Crippen molar-refractivity contribution in [1.82, 2.24) is 9.97 Å². The molecular weight excluding hydrogens is 224 g/mol. The summed E-state index contributed by atoms with van der Waals surface area (Å²) in [7, 11) is 0. The summed E-state index contributed by atoms with van der Waals surface area (Å²) in [6.45, 7) is 4.32. The first-order chi connectivity index (χ1) is 8.59. The van der Waals surface area contributed by atoms with Crippen LogP contribution in [0.1, 0.15) is 30.9 Å². The number of aromatic nitrogens is 2. The lowest BCUT2D eigenvalue weighted by molar-refractivity contribution is 0.562. The Morgan fingerprint density at radius 3 is 2.28 bits per heavy atom. The zero-order valence-corrected chi connectivity index (χ0v) is 10.7. The highest BCUT2D eigenvalue weighted by Gasteiger charge is 2.21. The molecule has 0 fully saturated rings. The van der Waals surface area contributed by atoms with E-state index in [0.29, 0.717) is 11.7 Å². The summed E-state index contributed by atoms with van der Waals surface area (Å²) < 4.78 is 0. The van der Waals surface area contributed by atoms with Crippen molar-refractivity contribution in [3.05, 3.63) is 47.7 Å². The molecule has 0 aliphatic carbocycles. The lowest BCUT2D eigenvalue weighted by atomic mass is 9.83. The summed E-state index contributed by atoms with van der Waals surface area (Å²) in [5.41, 5.74) is 13.7. The van der Waals surface area contributed by atoms with Crippen molar-refractivity contribution in [2.45, 2.75) is 19.8 Å². The molecule has 0 amide bonds. The van der Waals surface area contributed by atoms with Crippen LogP contribution in [0.2, 0.25) is 0 Å². The van der Waals surface area contributed by atoms with E-state index < -0.39 is 0 Å². The smallest absolute Gasteiger partial charge is 0.221 e. The van der Waals surface area contributed by atoms with Crippen LogP contribution >= 0.6 is 0 Å². The monoisotopic (exact) mass is 242 g/mol. The molecule has 0 saturated heterocycles. The second kappa shape index (κ2) is 5.04. The van der Waals surface area contributed by atoms with Gasteiger partial charge in [0.2, 0.25) is 5.95 Å². The van der Waals surface area contributed by atoms with Gasteiger partial charge in [0.25, 0.3) is 0 Å². The molecule has 4 N–H and O–H groups in total. The van der Waals surface area contributed by atoms with E-state index in [1.807, 2.05) is 18.2 Å². The van der Waals surface area contributed by atoms with E-state index in [1.165, 1.54) is 5.56 Å². The minimum atomic E-state index is 0.187. The molecule has 1 heterocycles.